The number of hydrogen-bond donors (Lipinski definition) is 2. The van der Waals surface area contributed by atoms with E-state index < -0.39 is 5.97 Å². The van der Waals surface area contributed by atoms with Gasteiger partial charge in [-0.3, -0.25) is 4.79 Å². The minimum Gasteiger partial charge on any atom is -0.491 e. The van der Waals surface area contributed by atoms with Crippen LogP contribution in [0.4, 0.5) is 0 Å². The first kappa shape index (κ1) is 13.5. The first-order valence-corrected chi connectivity index (χ1v) is 5.43. The van der Waals surface area contributed by atoms with Crippen LogP contribution in [0.1, 0.15) is 5.56 Å². The quantitative estimate of drug-likeness (QED) is 0.651. The van der Waals surface area contributed by atoms with Gasteiger partial charge in [-0.05, 0) is 17.7 Å². The Balaban J connectivity index is 2.35. The van der Waals surface area contributed by atoms with Gasteiger partial charge in [-0.15, -0.1) is 0 Å². The smallest absolute Gasteiger partial charge is 0.307 e. The number of carbonyl (C=O) groups is 1. The van der Waals surface area contributed by atoms with Crippen LogP contribution in [0.2, 0.25) is 0 Å². The van der Waals surface area contributed by atoms with Crippen LogP contribution in [0.5, 0.6) is 5.75 Å². The van der Waals surface area contributed by atoms with E-state index in [1.807, 2.05) is 0 Å². The molecular weight excluding hydrogens is 222 g/mol. The SMILES string of the molecule is NCCOCCOc1cccc(CC(=O)O)c1. The molecule has 0 spiro atoms. The lowest BCUT2D eigenvalue weighted by molar-refractivity contribution is -0.136. The van der Waals surface area contributed by atoms with Gasteiger partial charge in [-0.25, -0.2) is 0 Å². The molecule has 0 aromatic heterocycles. The summed E-state index contributed by atoms with van der Waals surface area (Å²) in [4.78, 5) is 10.5. The molecule has 0 fully saturated rings. The second-order valence-electron chi connectivity index (χ2n) is 3.47. The molecule has 1 rings (SSSR count). The molecule has 0 aliphatic rings. The standard InChI is InChI=1S/C12H17NO4/c13-4-5-16-6-7-17-11-3-1-2-10(8-11)9-12(14)15/h1-3,8H,4-7,9,13H2,(H,14,15). The molecule has 0 amide bonds. The number of benzene rings is 1. The van der Waals surface area contributed by atoms with E-state index in [-0.39, 0.29) is 6.42 Å². The lowest BCUT2D eigenvalue weighted by Crippen LogP contribution is -2.13. The molecular formula is C12H17NO4. The maximum Gasteiger partial charge on any atom is 0.307 e. The zero-order valence-electron chi connectivity index (χ0n) is 9.59. The summed E-state index contributed by atoms with van der Waals surface area (Å²) in [5, 5.41) is 8.66. The number of aliphatic carboxylic acids is 1. The summed E-state index contributed by atoms with van der Waals surface area (Å²) >= 11 is 0. The molecule has 0 aliphatic carbocycles. The Morgan fingerprint density at radius 2 is 2.12 bits per heavy atom. The van der Waals surface area contributed by atoms with Crippen molar-refractivity contribution in [2.45, 2.75) is 6.42 Å². The van der Waals surface area contributed by atoms with Gasteiger partial charge in [-0.2, -0.15) is 0 Å². The molecule has 3 N–H and O–H groups in total. The summed E-state index contributed by atoms with van der Waals surface area (Å²) in [6, 6.07) is 7.03. The van der Waals surface area contributed by atoms with Crippen molar-refractivity contribution < 1.29 is 19.4 Å². The zero-order chi connectivity index (χ0) is 12.5. The number of hydrogen-bond acceptors (Lipinski definition) is 4. The van der Waals surface area contributed by atoms with E-state index in [4.69, 9.17) is 20.3 Å². The van der Waals surface area contributed by atoms with Gasteiger partial charge >= 0.3 is 5.97 Å². The number of rotatable bonds is 8. The summed E-state index contributed by atoms with van der Waals surface area (Å²) in [6.45, 7) is 1.91. The minimum atomic E-state index is -0.853. The van der Waals surface area contributed by atoms with Gasteiger partial charge in [0.2, 0.25) is 0 Å². The van der Waals surface area contributed by atoms with Crippen molar-refractivity contribution in [1.82, 2.24) is 0 Å². The summed E-state index contributed by atoms with van der Waals surface area (Å²) in [7, 11) is 0. The monoisotopic (exact) mass is 239 g/mol. The van der Waals surface area contributed by atoms with E-state index in [0.29, 0.717) is 32.1 Å². The van der Waals surface area contributed by atoms with Crippen molar-refractivity contribution in [3.63, 3.8) is 0 Å². The van der Waals surface area contributed by atoms with Crippen molar-refractivity contribution in [1.29, 1.82) is 0 Å². The second kappa shape index (κ2) is 7.65. The van der Waals surface area contributed by atoms with Crippen LogP contribution in [-0.4, -0.2) is 37.4 Å². The van der Waals surface area contributed by atoms with E-state index in [2.05, 4.69) is 0 Å². The van der Waals surface area contributed by atoms with E-state index in [9.17, 15) is 4.79 Å². The molecule has 17 heavy (non-hydrogen) atoms. The number of ether oxygens (including phenoxy) is 2. The number of carboxylic acids is 1. The Bertz CT molecular complexity index is 354. The predicted octanol–water partition coefficient (Wildman–Crippen LogP) is 0.668. The molecule has 0 unspecified atom stereocenters. The Hall–Kier alpha value is -1.59. The van der Waals surface area contributed by atoms with Crippen LogP contribution in [0, 0.1) is 0 Å². The second-order valence-corrected chi connectivity index (χ2v) is 3.47. The summed E-state index contributed by atoms with van der Waals surface area (Å²) < 4.78 is 10.6. The molecule has 1 aromatic carbocycles. The Labute approximate surface area is 100 Å². The molecule has 0 heterocycles. The predicted molar refractivity (Wildman–Crippen MR) is 63.2 cm³/mol. The molecule has 1 aromatic rings. The highest BCUT2D eigenvalue weighted by Gasteiger charge is 2.01. The summed E-state index contributed by atoms with van der Waals surface area (Å²) in [6.07, 6.45) is 0.000867. The van der Waals surface area contributed by atoms with Crippen molar-refractivity contribution in [3.05, 3.63) is 29.8 Å². The third-order valence-corrected chi connectivity index (χ3v) is 2.01. The summed E-state index contributed by atoms with van der Waals surface area (Å²) in [5.74, 6) is -0.200. The van der Waals surface area contributed by atoms with E-state index >= 15 is 0 Å². The van der Waals surface area contributed by atoms with Crippen LogP contribution in [-0.2, 0) is 16.0 Å². The van der Waals surface area contributed by atoms with Crippen molar-refractivity contribution >= 4 is 5.97 Å². The normalized spacial score (nSPS) is 10.2. The molecule has 0 radical (unpaired) electrons. The van der Waals surface area contributed by atoms with E-state index in [1.54, 1.807) is 24.3 Å². The fraction of sp³-hybridized carbons (Fsp3) is 0.417. The number of carboxylic acid groups (broad SMARTS) is 1. The van der Waals surface area contributed by atoms with Gasteiger partial charge in [-0.1, -0.05) is 12.1 Å². The van der Waals surface area contributed by atoms with E-state index in [1.165, 1.54) is 0 Å². The number of nitrogens with two attached hydrogens (primary N) is 1. The lowest BCUT2D eigenvalue weighted by atomic mass is 10.1. The maximum atomic E-state index is 10.5. The molecule has 5 heteroatoms. The largest absolute Gasteiger partial charge is 0.491 e. The molecule has 0 aliphatic heterocycles. The molecule has 0 saturated heterocycles. The topological polar surface area (TPSA) is 81.8 Å². The molecule has 5 nitrogen and oxygen atoms in total. The van der Waals surface area contributed by atoms with Gasteiger partial charge in [0, 0.05) is 6.54 Å². The zero-order valence-corrected chi connectivity index (χ0v) is 9.59. The highest BCUT2D eigenvalue weighted by Crippen LogP contribution is 2.13. The Morgan fingerprint density at radius 1 is 1.29 bits per heavy atom. The molecule has 94 valence electrons. The maximum absolute atomic E-state index is 10.5. The fourth-order valence-electron chi connectivity index (χ4n) is 1.32. The van der Waals surface area contributed by atoms with Gasteiger partial charge in [0.25, 0.3) is 0 Å². The van der Waals surface area contributed by atoms with Crippen LogP contribution < -0.4 is 10.5 Å². The lowest BCUT2D eigenvalue weighted by Gasteiger charge is -2.07. The third-order valence-electron chi connectivity index (χ3n) is 2.01. The van der Waals surface area contributed by atoms with Gasteiger partial charge in [0.05, 0.1) is 19.6 Å². The van der Waals surface area contributed by atoms with Crippen LogP contribution in [0.25, 0.3) is 0 Å². The van der Waals surface area contributed by atoms with Crippen LogP contribution in [0.15, 0.2) is 24.3 Å². The first-order valence-electron chi connectivity index (χ1n) is 5.43. The molecule has 0 saturated carbocycles. The van der Waals surface area contributed by atoms with Crippen molar-refractivity contribution in [3.8, 4) is 5.75 Å². The average Bonchev–Trinajstić information content (AvgIpc) is 2.28. The molecule has 0 bridgehead atoms. The first-order chi connectivity index (χ1) is 8.22. The van der Waals surface area contributed by atoms with Gasteiger partial charge in [0.15, 0.2) is 0 Å². The highest BCUT2D eigenvalue weighted by molar-refractivity contribution is 5.70. The van der Waals surface area contributed by atoms with Crippen molar-refractivity contribution in [2.75, 3.05) is 26.4 Å². The summed E-state index contributed by atoms with van der Waals surface area (Å²) in [5.41, 5.74) is 5.99. The van der Waals surface area contributed by atoms with Gasteiger partial charge < -0.3 is 20.3 Å². The van der Waals surface area contributed by atoms with Crippen LogP contribution in [0.3, 0.4) is 0 Å². The van der Waals surface area contributed by atoms with Crippen LogP contribution >= 0.6 is 0 Å². The molecule has 0 atom stereocenters. The minimum absolute atomic E-state index is 0.000867. The fourth-order valence-corrected chi connectivity index (χ4v) is 1.32. The van der Waals surface area contributed by atoms with Gasteiger partial charge in [0.1, 0.15) is 12.4 Å². The highest BCUT2D eigenvalue weighted by atomic mass is 16.5. The average molecular weight is 239 g/mol. The third kappa shape index (κ3) is 5.89. The van der Waals surface area contributed by atoms with Crippen molar-refractivity contribution in [2.24, 2.45) is 5.73 Å². The van der Waals surface area contributed by atoms with E-state index in [0.717, 1.165) is 5.56 Å². The Morgan fingerprint density at radius 3 is 2.82 bits per heavy atom. The Kier molecular flexibility index (Phi) is 6.06.